The van der Waals surface area contributed by atoms with Crippen LogP contribution in [0.1, 0.15) is 18.7 Å². The van der Waals surface area contributed by atoms with Crippen molar-refractivity contribution in [2.24, 2.45) is 0 Å². The summed E-state index contributed by atoms with van der Waals surface area (Å²) in [5.41, 5.74) is 0.415. The number of nitrogens with zero attached hydrogens (tertiary/aromatic N) is 2. The zero-order chi connectivity index (χ0) is 21.2. The maximum atomic E-state index is 13.1. The molecule has 1 aromatic heterocycles. The normalized spacial score (nSPS) is 19.7. The van der Waals surface area contributed by atoms with E-state index in [0.717, 1.165) is 9.18 Å². The number of carbonyl (C=O) groups is 1. The number of thiazole rings is 1. The molecule has 0 spiro atoms. The highest BCUT2D eigenvalue weighted by Crippen LogP contribution is 2.31. The fraction of sp³-hybridized carbons (Fsp3) is 0.412. The molecule has 1 aromatic carbocycles. The molecule has 9 nitrogen and oxygen atoms in total. The van der Waals surface area contributed by atoms with Gasteiger partial charge in [-0.1, -0.05) is 11.6 Å². The highest BCUT2D eigenvalue weighted by Gasteiger charge is 2.48. The van der Waals surface area contributed by atoms with Crippen molar-refractivity contribution < 1.29 is 27.9 Å². The van der Waals surface area contributed by atoms with Gasteiger partial charge in [-0.15, -0.1) is 11.3 Å². The van der Waals surface area contributed by atoms with E-state index in [1.54, 1.807) is 20.0 Å². The molecule has 0 saturated carbocycles. The van der Waals surface area contributed by atoms with Gasteiger partial charge in [-0.05, 0) is 38.1 Å². The SMILES string of the molecule is CC1(C)OCCN(S(=O)(=O)c2ccc(OCc3cnc(Cl)s3)cc2)[C@H]1C(=O)NO. The lowest BCUT2D eigenvalue weighted by atomic mass is 9.96. The van der Waals surface area contributed by atoms with E-state index in [9.17, 15) is 13.2 Å². The molecule has 0 radical (unpaired) electrons. The Morgan fingerprint density at radius 3 is 2.72 bits per heavy atom. The number of carbonyl (C=O) groups excluding carboxylic acids is 1. The van der Waals surface area contributed by atoms with Crippen molar-refractivity contribution in [3.8, 4) is 5.75 Å². The van der Waals surface area contributed by atoms with Crippen LogP contribution in [0.4, 0.5) is 0 Å². The summed E-state index contributed by atoms with van der Waals surface area (Å²) in [7, 11) is -4.02. The fourth-order valence-electron chi connectivity index (χ4n) is 3.07. The largest absolute Gasteiger partial charge is 0.488 e. The third-order valence-electron chi connectivity index (χ3n) is 4.43. The number of ether oxygens (including phenoxy) is 2. The van der Waals surface area contributed by atoms with Gasteiger partial charge in [-0.3, -0.25) is 10.0 Å². The molecule has 0 unspecified atom stereocenters. The summed E-state index contributed by atoms with van der Waals surface area (Å²) in [6.45, 7) is 3.55. The second kappa shape index (κ2) is 8.54. The highest BCUT2D eigenvalue weighted by molar-refractivity contribution is 7.89. The van der Waals surface area contributed by atoms with Gasteiger partial charge < -0.3 is 9.47 Å². The Bertz CT molecular complexity index is 977. The second-order valence-corrected chi connectivity index (χ2v) is 10.4. The lowest BCUT2D eigenvalue weighted by Gasteiger charge is -2.43. The summed E-state index contributed by atoms with van der Waals surface area (Å²) >= 11 is 7.07. The molecule has 2 aromatic rings. The van der Waals surface area contributed by atoms with Crippen molar-refractivity contribution in [2.45, 2.75) is 37.0 Å². The second-order valence-electron chi connectivity index (χ2n) is 6.79. The van der Waals surface area contributed by atoms with E-state index in [-0.39, 0.29) is 24.7 Å². The number of benzene rings is 1. The average Bonchev–Trinajstić information content (AvgIpc) is 3.10. The van der Waals surface area contributed by atoms with Crippen molar-refractivity contribution >= 4 is 38.9 Å². The van der Waals surface area contributed by atoms with E-state index in [1.165, 1.54) is 41.1 Å². The molecule has 29 heavy (non-hydrogen) atoms. The van der Waals surface area contributed by atoms with Crippen LogP contribution in [0.25, 0.3) is 0 Å². The van der Waals surface area contributed by atoms with Crippen LogP contribution in [0.5, 0.6) is 5.75 Å². The highest BCUT2D eigenvalue weighted by atomic mass is 35.5. The van der Waals surface area contributed by atoms with E-state index in [2.05, 4.69) is 4.98 Å². The minimum absolute atomic E-state index is 0.000811. The first-order valence-electron chi connectivity index (χ1n) is 8.58. The lowest BCUT2D eigenvalue weighted by molar-refractivity contribution is -0.154. The van der Waals surface area contributed by atoms with E-state index < -0.39 is 27.6 Å². The van der Waals surface area contributed by atoms with Crippen molar-refractivity contribution in [1.82, 2.24) is 14.8 Å². The quantitative estimate of drug-likeness (QED) is 0.499. The minimum Gasteiger partial charge on any atom is -0.488 e. The molecule has 1 atom stereocenters. The van der Waals surface area contributed by atoms with Gasteiger partial charge >= 0.3 is 0 Å². The monoisotopic (exact) mass is 461 g/mol. The van der Waals surface area contributed by atoms with Crippen LogP contribution < -0.4 is 10.2 Å². The van der Waals surface area contributed by atoms with Crippen LogP contribution in [0.2, 0.25) is 4.47 Å². The molecule has 1 aliphatic heterocycles. The first-order valence-corrected chi connectivity index (χ1v) is 11.2. The zero-order valence-electron chi connectivity index (χ0n) is 15.7. The van der Waals surface area contributed by atoms with Crippen molar-refractivity contribution in [1.29, 1.82) is 0 Å². The number of halogens is 1. The molecule has 2 N–H and O–H groups in total. The summed E-state index contributed by atoms with van der Waals surface area (Å²) in [5.74, 6) is -0.387. The Hall–Kier alpha value is -1.76. The predicted octanol–water partition coefficient (Wildman–Crippen LogP) is 2.05. The van der Waals surface area contributed by atoms with E-state index >= 15 is 0 Å². The third kappa shape index (κ3) is 4.71. The lowest BCUT2D eigenvalue weighted by Crippen LogP contribution is -2.64. The van der Waals surface area contributed by atoms with Gasteiger partial charge in [-0.2, -0.15) is 4.31 Å². The maximum absolute atomic E-state index is 13.1. The molecule has 2 heterocycles. The summed E-state index contributed by atoms with van der Waals surface area (Å²) < 4.78 is 38.9. The van der Waals surface area contributed by atoms with Crippen LogP contribution in [0.3, 0.4) is 0 Å². The Labute approximate surface area is 177 Å². The van der Waals surface area contributed by atoms with Crippen molar-refractivity contribution in [3.05, 3.63) is 39.8 Å². The Morgan fingerprint density at radius 2 is 2.14 bits per heavy atom. The Kier molecular flexibility index (Phi) is 6.46. The first-order chi connectivity index (χ1) is 13.6. The summed E-state index contributed by atoms with van der Waals surface area (Å²) in [6.07, 6.45) is 1.61. The average molecular weight is 462 g/mol. The fourth-order valence-corrected chi connectivity index (χ4v) is 5.65. The predicted molar refractivity (Wildman–Crippen MR) is 106 cm³/mol. The first kappa shape index (κ1) is 21.9. The molecule has 12 heteroatoms. The van der Waals surface area contributed by atoms with Crippen LogP contribution in [-0.2, 0) is 26.2 Å². The molecule has 1 aliphatic rings. The maximum Gasteiger partial charge on any atom is 0.264 e. The number of sulfonamides is 1. The van der Waals surface area contributed by atoms with Gasteiger partial charge in [0.05, 0.1) is 22.0 Å². The zero-order valence-corrected chi connectivity index (χ0v) is 18.1. The summed E-state index contributed by atoms with van der Waals surface area (Å²) in [4.78, 5) is 16.9. The Morgan fingerprint density at radius 1 is 1.45 bits per heavy atom. The number of morpholine rings is 1. The van der Waals surface area contributed by atoms with Gasteiger partial charge in [0.15, 0.2) is 4.47 Å². The van der Waals surface area contributed by atoms with Crippen molar-refractivity contribution in [2.75, 3.05) is 13.2 Å². The smallest absolute Gasteiger partial charge is 0.264 e. The molecular weight excluding hydrogens is 442 g/mol. The molecule has 1 fully saturated rings. The van der Waals surface area contributed by atoms with Crippen LogP contribution in [0, 0.1) is 0 Å². The van der Waals surface area contributed by atoms with Gasteiger partial charge in [0.1, 0.15) is 18.4 Å². The van der Waals surface area contributed by atoms with Gasteiger partial charge in [-0.25, -0.2) is 18.9 Å². The number of amides is 1. The van der Waals surface area contributed by atoms with Gasteiger partial charge in [0.2, 0.25) is 10.0 Å². The number of rotatable bonds is 6. The van der Waals surface area contributed by atoms with Crippen LogP contribution in [-0.4, -0.2) is 53.6 Å². The minimum atomic E-state index is -4.02. The number of hydroxylamine groups is 1. The van der Waals surface area contributed by atoms with E-state index in [0.29, 0.717) is 10.2 Å². The number of aromatic nitrogens is 1. The van der Waals surface area contributed by atoms with Crippen LogP contribution >= 0.6 is 22.9 Å². The molecule has 1 saturated heterocycles. The van der Waals surface area contributed by atoms with E-state index in [1.807, 2.05) is 0 Å². The third-order valence-corrected chi connectivity index (χ3v) is 7.39. The summed E-state index contributed by atoms with van der Waals surface area (Å²) in [5, 5.41) is 9.06. The molecule has 0 bridgehead atoms. The van der Waals surface area contributed by atoms with Gasteiger partial charge in [0, 0.05) is 12.7 Å². The number of nitrogens with one attached hydrogen (secondary N) is 1. The van der Waals surface area contributed by atoms with E-state index in [4.69, 9.17) is 26.3 Å². The van der Waals surface area contributed by atoms with Crippen LogP contribution in [0.15, 0.2) is 35.4 Å². The molecular formula is C17H20ClN3O6S2. The molecule has 158 valence electrons. The summed E-state index contributed by atoms with van der Waals surface area (Å²) in [6, 6.07) is 4.64. The Balaban J connectivity index is 1.79. The standard InChI is InChI=1S/C17H20ClN3O6S2/c1-17(2)14(15(22)20-23)21(7-8-27-17)29(24,25)13-5-3-11(4-6-13)26-10-12-9-19-16(18)28-12/h3-6,9,14,23H,7-8,10H2,1-2H3,(H,20,22)/t14-/m0/s1. The topological polar surface area (TPSA) is 118 Å². The molecule has 0 aliphatic carbocycles. The number of hydrogen-bond donors (Lipinski definition) is 2. The number of hydrogen-bond acceptors (Lipinski definition) is 8. The van der Waals surface area contributed by atoms with Gasteiger partial charge in [0.25, 0.3) is 5.91 Å². The molecule has 1 amide bonds. The molecule has 3 rings (SSSR count). The van der Waals surface area contributed by atoms with Crippen molar-refractivity contribution in [3.63, 3.8) is 0 Å².